The molecule has 0 atom stereocenters. The van der Waals surface area contributed by atoms with Crippen LogP contribution in [0.3, 0.4) is 0 Å². The van der Waals surface area contributed by atoms with Crippen molar-refractivity contribution in [3.05, 3.63) is 72.3 Å². The molecule has 0 aliphatic heterocycles. The highest BCUT2D eigenvalue weighted by Gasteiger charge is 2.20. The van der Waals surface area contributed by atoms with Gasteiger partial charge in [-0.25, -0.2) is 13.2 Å². The Morgan fingerprint density at radius 1 is 0.968 bits per heavy atom. The van der Waals surface area contributed by atoms with Gasteiger partial charge in [0, 0.05) is 0 Å². The SMILES string of the molecule is CCOC(=O)c1ccccc1NC(=O)CSc1ccc(S(=O)(=O)c2ccccc2)nn1. The number of esters is 1. The molecule has 0 aliphatic rings. The number of hydrogen-bond donors (Lipinski definition) is 1. The Kier molecular flexibility index (Phi) is 7.37. The smallest absolute Gasteiger partial charge is 0.340 e. The van der Waals surface area contributed by atoms with Crippen LogP contribution in [0.4, 0.5) is 5.69 Å². The van der Waals surface area contributed by atoms with Gasteiger partial charge in [0.2, 0.25) is 15.7 Å². The standard InChI is InChI=1S/C21H19N3O5S2/c1-2-29-21(26)16-10-6-7-11-17(16)22-18(25)14-30-19-12-13-20(24-23-19)31(27,28)15-8-4-3-5-9-15/h3-13H,2,14H2,1H3,(H,22,25). The Morgan fingerprint density at radius 2 is 1.68 bits per heavy atom. The molecule has 0 spiro atoms. The zero-order valence-electron chi connectivity index (χ0n) is 16.5. The molecule has 8 nitrogen and oxygen atoms in total. The highest BCUT2D eigenvalue weighted by atomic mass is 32.2. The second kappa shape index (κ2) is 10.2. The van der Waals surface area contributed by atoms with Gasteiger partial charge in [-0.2, -0.15) is 0 Å². The predicted molar refractivity (Wildman–Crippen MR) is 116 cm³/mol. The number of ether oxygens (including phenoxy) is 1. The van der Waals surface area contributed by atoms with Crippen LogP contribution in [0, 0.1) is 0 Å². The van der Waals surface area contributed by atoms with E-state index in [1.54, 1.807) is 49.4 Å². The van der Waals surface area contributed by atoms with Crippen molar-refractivity contribution >= 4 is 39.2 Å². The number of sulfone groups is 1. The molecule has 31 heavy (non-hydrogen) atoms. The summed E-state index contributed by atoms with van der Waals surface area (Å²) in [6.07, 6.45) is 0. The molecule has 0 unspecified atom stereocenters. The Bertz CT molecular complexity index is 1170. The molecule has 0 saturated heterocycles. The Labute approximate surface area is 184 Å². The first-order valence-corrected chi connectivity index (χ1v) is 11.7. The summed E-state index contributed by atoms with van der Waals surface area (Å²) in [7, 11) is -3.75. The van der Waals surface area contributed by atoms with E-state index in [2.05, 4.69) is 15.5 Å². The van der Waals surface area contributed by atoms with E-state index in [-0.39, 0.29) is 33.8 Å². The Balaban J connectivity index is 1.62. The summed E-state index contributed by atoms with van der Waals surface area (Å²) in [6, 6.07) is 17.3. The van der Waals surface area contributed by atoms with Crippen LogP contribution in [0.1, 0.15) is 17.3 Å². The first kappa shape index (κ1) is 22.4. The lowest BCUT2D eigenvalue weighted by atomic mass is 10.2. The van der Waals surface area contributed by atoms with Crippen molar-refractivity contribution in [2.24, 2.45) is 0 Å². The summed E-state index contributed by atoms with van der Waals surface area (Å²) >= 11 is 1.09. The Hall–Kier alpha value is -3.24. The molecular formula is C21H19N3O5S2. The van der Waals surface area contributed by atoms with Crippen LogP contribution < -0.4 is 5.32 Å². The zero-order chi connectivity index (χ0) is 22.3. The molecule has 0 bridgehead atoms. The van der Waals surface area contributed by atoms with Crippen LogP contribution in [0.2, 0.25) is 0 Å². The summed E-state index contributed by atoms with van der Waals surface area (Å²) < 4.78 is 30.1. The monoisotopic (exact) mass is 457 g/mol. The average molecular weight is 458 g/mol. The van der Waals surface area contributed by atoms with Crippen molar-refractivity contribution in [1.82, 2.24) is 10.2 Å². The van der Waals surface area contributed by atoms with Crippen LogP contribution >= 0.6 is 11.8 Å². The summed E-state index contributed by atoms with van der Waals surface area (Å²) in [5, 5.41) is 10.6. The molecule has 0 aliphatic carbocycles. The molecule has 10 heteroatoms. The minimum Gasteiger partial charge on any atom is -0.462 e. The number of carbonyl (C=O) groups is 2. The van der Waals surface area contributed by atoms with E-state index in [1.807, 2.05) is 0 Å². The van der Waals surface area contributed by atoms with E-state index < -0.39 is 15.8 Å². The van der Waals surface area contributed by atoms with Crippen molar-refractivity contribution in [2.75, 3.05) is 17.7 Å². The molecule has 0 radical (unpaired) electrons. The van der Waals surface area contributed by atoms with Gasteiger partial charge in [-0.1, -0.05) is 42.1 Å². The van der Waals surface area contributed by atoms with Crippen molar-refractivity contribution in [1.29, 1.82) is 0 Å². The molecule has 1 amide bonds. The van der Waals surface area contributed by atoms with Gasteiger partial charge < -0.3 is 10.1 Å². The van der Waals surface area contributed by atoms with Crippen LogP contribution in [0.15, 0.2) is 81.7 Å². The largest absolute Gasteiger partial charge is 0.462 e. The lowest BCUT2D eigenvalue weighted by Crippen LogP contribution is -2.17. The lowest BCUT2D eigenvalue weighted by molar-refractivity contribution is -0.113. The number of hydrogen-bond acceptors (Lipinski definition) is 8. The van der Waals surface area contributed by atoms with Crippen molar-refractivity contribution in [3.8, 4) is 0 Å². The maximum atomic E-state index is 12.5. The predicted octanol–water partition coefficient (Wildman–Crippen LogP) is 3.22. The van der Waals surface area contributed by atoms with Gasteiger partial charge in [-0.3, -0.25) is 4.79 Å². The summed E-state index contributed by atoms with van der Waals surface area (Å²) in [5.74, 6) is -0.881. The third kappa shape index (κ3) is 5.68. The van der Waals surface area contributed by atoms with E-state index in [0.717, 1.165) is 11.8 Å². The number of para-hydroxylation sites is 1. The fraction of sp³-hybridized carbons (Fsp3) is 0.143. The molecule has 2 aromatic carbocycles. The highest BCUT2D eigenvalue weighted by molar-refractivity contribution is 7.99. The first-order valence-electron chi connectivity index (χ1n) is 9.24. The molecule has 160 valence electrons. The third-order valence-electron chi connectivity index (χ3n) is 3.99. The van der Waals surface area contributed by atoms with Crippen LogP contribution in [-0.4, -0.2) is 42.9 Å². The van der Waals surface area contributed by atoms with Crippen molar-refractivity contribution in [3.63, 3.8) is 0 Å². The number of nitrogens with one attached hydrogen (secondary N) is 1. The molecule has 0 fully saturated rings. The van der Waals surface area contributed by atoms with E-state index in [1.165, 1.54) is 24.3 Å². The van der Waals surface area contributed by atoms with Gasteiger partial charge in [0.25, 0.3) is 0 Å². The van der Waals surface area contributed by atoms with Gasteiger partial charge in [0.1, 0.15) is 5.03 Å². The van der Waals surface area contributed by atoms with Gasteiger partial charge >= 0.3 is 5.97 Å². The number of benzene rings is 2. The molecule has 0 saturated carbocycles. The van der Waals surface area contributed by atoms with Crippen LogP contribution in [0.5, 0.6) is 0 Å². The number of rotatable bonds is 8. The fourth-order valence-electron chi connectivity index (χ4n) is 2.55. The number of amides is 1. The second-order valence-corrected chi connectivity index (χ2v) is 9.02. The van der Waals surface area contributed by atoms with Crippen molar-refractivity contribution < 1.29 is 22.7 Å². The van der Waals surface area contributed by atoms with Gasteiger partial charge in [0.15, 0.2) is 5.03 Å². The zero-order valence-corrected chi connectivity index (χ0v) is 18.2. The first-order chi connectivity index (χ1) is 14.9. The second-order valence-electron chi connectivity index (χ2n) is 6.13. The maximum Gasteiger partial charge on any atom is 0.340 e. The van der Waals surface area contributed by atoms with Gasteiger partial charge in [-0.15, -0.1) is 10.2 Å². The lowest BCUT2D eigenvalue weighted by Gasteiger charge is -2.10. The topological polar surface area (TPSA) is 115 Å². The third-order valence-corrected chi connectivity index (χ3v) is 6.57. The minimum absolute atomic E-state index is 0.00335. The molecule has 1 aromatic heterocycles. The number of carbonyl (C=O) groups excluding carboxylic acids is 2. The van der Waals surface area contributed by atoms with Crippen LogP contribution in [0.25, 0.3) is 0 Å². The number of nitrogens with zero attached hydrogens (tertiary/aromatic N) is 2. The fourth-order valence-corrected chi connectivity index (χ4v) is 4.32. The highest BCUT2D eigenvalue weighted by Crippen LogP contribution is 2.21. The van der Waals surface area contributed by atoms with E-state index in [9.17, 15) is 18.0 Å². The number of aromatic nitrogens is 2. The average Bonchev–Trinajstić information content (AvgIpc) is 2.79. The van der Waals surface area contributed by atoms with Gasteiger partial charge in [-0.05, 0) is 43.3 Å². The molecule has 3 aromatic rings. The summed E-state index contributed by atoms with van der Waals surface area (Å²) in [6.45, 7) is 1.93. The normalized spacial score (nSPS) is 11.0. The number of thioether (sulfide) groups is 1. The molecule has 1 N–H and O–H groups in total. The van der Waals surface area contributed by atoms with Crippen molar-refractivity contribution in [2.45, 2.75) is 21.9 Å². The molecule has 1 heterocycles. The van der Waals surface area contributed by atoms with E-state index in [0.29, 0.717) is 10.7 Å². The maximum absolute atomic E-state index is 12.5. The van der Waals surface area contributed by atoms with Gasteiger partial charge in [0.05, 0.1) is 28.5 Å². The van der Waals surface area contributed by atoms with Crippen LogP contribution in [-0.2, 0) is 19.4 Å². The van der Waals surface area contributed by atoms with E-state index in [4.69, 9.17) is 4.74 Å². The number of anilines is 1. The quantitative estimate of drug-likeness (QED) is 0.405. The Morgan fingerprint density at radius 3 is 2.35 bits per heavy atom. The minimum atomic E-state index is -3.75. The summed E-state index contributed by atoms with van der Waals surface area (Å²) in [5.41, 5.74) is 0.611. The summed E-state index contributed by atoms with van der Waals surface area (Å²) in [4.78, 5) is 24.4. The molecule has 3 rings (SSSR count). The van der Waals surface area contributed by atoms with E-state index >= 15 is 0 Å². The molecular weight excluding hydrogens is 438 g/mol.